The van der Waals surface area contributed by atoms with Crippen molar-refractivity contribution >= 4 is 55.1 Å². The van der Waals surface area contributed by atoms with E-state index in [0.29, 0.717) is 32.0 Å². The Kier molecular flexibility index (Phi) is 6.30. The summed E-state index contributed by atoms with van der Waals surface area (Å²) < 4.78 is 13.4. The summed E-state index contributed by atoms with van der Waals surface area (Å²) in [7, 11) is 0. The van der Waals surface area contributed by atoms with E-state index >= 15 is 0 Å². The fourth-order valence-corrected chi connectivity index (χ4v) is 5.08. The minimum Gasteiger partial charge on any atom is -0.466 e. The van der Waals surface area contributed by atoms with E-state index in [1.807, 2.05) is 36.4 Å². The molecule has 0 saturated carbocycles. The van der Waals surface area contributed by atoms with E-state index in [2.05, 4.69) is 15.3 Å². The predicted molar refractivity (Wildman–Crippen MR) is 136 cm³/mol. The molecule has 0 atom stereocenters. The van der Waals surface area contributed by atoms with Crippen molar-refractivity contribution < 1.29 is 19.1 Å². The highest BCUT2D eigenvalue weighted by Gasteiger charge is 2.25. The van der Waals surface area contributed by atoms with Crippen molar-refractivity contribution in [2.75, 3.05) is 13.2 Å². The molecule has 10 nitrogen and oxygen atoms in total. The highest BCUT2D eigenvalue weighted by atomic mass is 32.1. The van der Waals surface area contributed by atoms with Crippen LogP contribution in [-0.2, 0) is 19.1 Å². The SMILES string of the molecule is CCOC(=O)/C=C(\CC(=O)OCC)n1c(=O)c2sc3ncccc3c2n2nnc(-c3ccccc3)c12. The molecule has 182 valence electrons. The Morgan fingerprint density at radius 1 is 1.06 bits per heavy atom. The van der Waals surface area contributed by atoms with E-state index in [4.69, 9.17) is 9.47 Å². The highest BCUT2D eigenvalue weighted by Crippen LogP contribution is 2.33. The Morgan fingerprint density at radius 2 is 1.83 bits per heavy atom. The predicted octanol–water partition coefficient (Wildman–Crippen LogP) is 3.68. The number of rotatable bonds is 7. The van der Waals surface area contributed by atoms with Gasteiger partial charge in [-0.2, -0.15) is 4.52 Å². The average Bonchev–Trinajstić information content (AvgIpc) is 3.47. The van der Waals surface area contributed by atoms with Crippen molar-refractivity contribution in [2.45, 2.75) is 20.3 Å². The Balaban J connectivity index is 1.91. The molecular formula is C25H21N5O5S. The van der Waals surface area contributed by atoms with Crippen molar-refractivity contribution in [3.05, 3.63) is 65.1 Å². The van der Waals surface area contributed by atoms with Crippen LogP contribution in [0.2, 0.25) is 0 Å². The summed E-state index contributed by atoms with van der Waals surface area (Å²) in [6.45, 7) is 3.64. The average molecular weight is 504 g/mol. The Hall–Kier alpha value is -4.38. The summed E-state index contributed by atoms with van der Waals surface area (Å²) in [6.07, 6.45) is 2.45. The highest BCUT2D eigenvalue weighted by molar-refractivity contribution is 7.25. The normalized spacial score (nSPS) is 11.9. The van der Waals surface area contributed by atoms with E-state index in [0.717, 1.165) is 11.5 Å². The third-order valence-electron chi connectivity index (χ3n) is 5.44. The van der Waals surface area contributed by atoms with Gasteiger partial charge in [0, 0.05) is 28.9 Å². The van der Waals surface area contributed by atoms with Gasteiger partial charge in [-0.05, 0) is 26.0 Å². The van der Waals surface area contributed by atoms with Gasteiger partial charge in [0.15, 0.2) is 5.65 Å². The first-order valence-electron chi connectivity index (χ1n) is 11.3. The maximum absolute atomic E-state index is 14.0. The molecule has 0 amide bonds. The van der Waals surface area contributed by atoms with E-state index in [1.54, 1.807) is 30.6 Å². The molecule has 4 aromatic heterocycles. The fourth-order valence-electron chi connectivity index (χ4n) is 4.02. The zero-order valence-electron chi connectivity index (χ0n) is 19.5. The topological polar surface area (TPSA) is 118 Å². The molecule has 36 heavy (non-hydrogen) atoms. The van der Waals surface area contributed by atoms with E-state index in [-0.39, 0.29) is 25.3 Å². The van der Waals surface area contributed by atoms with Gasteiger partial charge in [-0.1, -0.05) is 35.5 Å². The van der Waals surface area contributed by atoms with E-state index in [9.17, 15) is 14.4 Å². The molecule has 4 heterocycles. The van der Waals surface area contributed by atoms with Crippen LogP contribution in [-0.4, -0.2) is 49.5 Å². The van der Waals surface area contributed by atoms with E-state index in [1.165, 1.54) is 15.9 Å². The number of fused-ring (bicyclic) bond motifs is 5. The van der Waals surface area contributed by atoms with Crippen LogP contribution in [0.4, 0.5) is 0 Å². The standard InChI is InChI=1S/C25H21N5O5S/c1-3-34-18(31)13-16(14-19(32)35-4-2)29-24-20(15-9-6-5-7-10-15)27-28-30(24)21-17-11-8-12-26-23(17)36-22(21)25(29)33/h5-13H,3-4,14H2,1-2H3/b16-13+. The summed E-state index contributed by atoms with van der Waals surface area (Å²) in [5, 5.41) is 9.53. The van der Waals surface area contributed by atoms with Gasteiger partial charge in [-0.25, -0.2) is 9.78 Å². The third kappa shape index (κ3) is 4.03. The van der Waals surface area contributed by atoms with E-state index < -0.39 is 17.5 Å². The second-order valence-electron chi connectivity index (χ2n) is 7.69. The van der Waals surface area contributed by atoms with Gasteiger partial charge in [0.25, 0.3) is 5.56 Å². The first kappa shape index (κ1) is 23.4. The van der Waals surface area contributed by atoms with Crippen LogP contribution in [0.15, 0.2) is 59.5 Å². The number of thiophene rings is 1. The number of aromatic nitrogens is 5. The first-order chi connectivity index (χ1) is 17.5. The monoisotopic (exact) mass is 503 g/mol. The minimum atomic E-state index is -0.686. The molecule has 0 unspecified atom stereocenters. The van der Waals surface area contributed by atoms with Crippen LogP contribution >= 0.6 is 11.3 Å². The van der Waals surface area contributed by atoms with Gasteiger partial charge >= 0.3 is 11.9 Å². The zero-order valence-corrected chi connectivity index (χ0v) is 20.3. The number of hydrogen-bond acceptors (Lipinski definition) is 9. The summed E-state index contributed by atoms with van der Waals surface area (Å²) >= 11 is 1.21. The molecule has 11 heteroatoms. The summed E-state index contributed by atoms with van der Waals surface area (Å²) in [5.41, 5.74) is 1.65. The number of benzene rings is 1. The van der Waals surface area contributed by atoms with Gasteiger partial charge < -0.3 is 9.47 Å². The number of carbonyl (C=O) groups excluding carboxylic acids is 2. The summed E-state index contributed by atoms with van der Waals surface area (Å²) in [6, 6.07) is 12.9. The molecule has 5 rings (SSSR count). The molecule has 1 aromatic carbocycles. The first-order valence-corrected chi connectivity index (χ1v) is 12.1. The Bertz CT molecular complexity index is 1700. The van der Waals surface area contributed by atoms with Crippen molar-refractivity contribution in [3.63, 3.8) is 0 Å². The number of ether oxygens (including phenoxy) is 2. The van der Waals surface area contributed by atoms with Gasteiger partial charge in [-0.15, -0.1) is 16.4 Å². The Morgan fingerprint density at radius 3 is 2.58 bits per heavy atom. The Labute approximate surface area is 208 Å². The van der Waals surface area contributed by atoms with Gasteiger partial charge in [0.05, 0.1) is 19.6 Å². The maximum Gasteiger partial charge on any atom is 0.332 e. The van der Waals surface area contributed by atoms with Crippen LogP contribution in [0.3, 0.4) is 0 Å². The smallest absolute Gasteiger partial charge is 0.332 e. The molecule has 0 N–H and O–H groups in total. The fraction of sp³-hybridized carbons (Fsp3) is 0.200. The quantitative estimate of drug-likeness (QED) is 0.244. The van der Waals surface area contributed by atoms with Gasteiger partial charge in [0.2, 0.25) is 0 Å². The number of esters is 2. The van der Waals surface area contributed by atoms with Crippen LogP contribution in [0.5, 0.6) is 0 Å². The number of carbonyl (C=O) groups is 2. The lowest BCUT2D eigenvalue weighted by atomic mass is 10.1. The van der Waals surface area contributed by atoms with Crippen LogP contribution in [0, 0.1) is 0 Å². The van der Waals surface area contributed by atoms with Crippen molar-refractivity contribution in [1.29, 1.82) is 0 Å². The summed E-state index contributed by atoms with van der Waals surface area (Å²) in [5.74, 6) is -1.28. The second kappa shape index (κ2) is 9.70. The third-order valence-corrected chi connectivity index (χ3v) is 6.53. The number of hydrogen-bond donors (Lipinski definition) is 0. The minimum absolute atomic E-state index is 0.0914. The number of pyridine rings is 1. The molecule has 5 aromatic rings. The lowest BCUT2D eigenvalue weighted by Crippen LogP contribution is -2.24. The lowest BCUT2D eigenvalue weighted by Gasteiger charge is -2.14. The number of nitrogens with zero attached hydrogens (tertiary/aromatic N) is 5. The molecule has 0 spiro atoms. The molecule has 0 aliphatic carbocycles. The molecule has 0 aliphatic rings. The molecule has 0 aliphatic heterocycles. The van der Waals surface area contributed by atoms with Crippen LogP contribution < -0.4 is 5.56 Å². The van der Waals surface area contributed by atoms with Gasteiger partial charge in [-0.3, -0.25) is 14.2 Å². The lowest BCUT2D eigenvalue weighted by molar-refractivity contribution is -0.141. The molecular weight excluding hydrogens is 482 g/mol. The van der Waals surface area contributed by atoms with Crippen LogP contribution in [0.25, 0.3) is 43.0 Å². The molecule has 0 fully saturated rings. The summed E-state index contributed by atoms with van der Waals surface area (Å²) in [4.78, 5) is 44.1. The second-order valence-corrected chi connectivity index (χ2v) is 8.68. The van der Waals surface area contributed by atoms with Crippen molar-refractivity contribution in [1.82, 2.24) is 24.4 Å². The zero-order chi connectivity index (χ0) is 25.2. The van der Waals surface area contributed by atoms with Gasteiger partial charge in [0.1, 0.15) is 20.7 Å². The molecule has 0 saturated heterocycles. The molecule has 0 bridgehead atoms. The van der Waals surface area contributed by atoms with Crippen molar-refractivity contribution in [2.24, 2.45) is 0 Å². The largest absolute Gasteiger partial charge is 0.466 e. The van der Waals surface area contributed by atoms with Crippen LogP contribution in [0.1, 0.15) is 20.3 Å². The molecule has 0 radical (unpaired) electrons. The maximum atomic E-state index is 14.0. The van der Waals surface area contributed by atoms with Crippen molar-refractivity contribution in [3.8, 4) is 11.3 Å².